The lowest BCUT2D eigenvalue weighted by molar-refractivity contribution is -0.129. The van der Waals surface area contributed by atoms with Gasteiger partial charge in [0, 0.05) is 32.0 Å². The molecule has 1 aliphatic heterocycles. The highest BCUT2D eigenvalue weighted by Gasteiger charge is 2.33. The highest BCUT2D eigenvalue weighted by molar-refractivity contribution is 6.17. The topological polar surface area (TPSA) is 38.1 Å². The fourth-order valence-electron chi connectivity index (χ4n) is 2.77. The number of likely N-dealkylation sites (tertiary alicyclic amines) is 1. The highest BCUT2D eigenvalue weighted by Crippen LogP contribution is 2.29. The van der Waals surface area contributed by atoms with Crippen molar-refractivity contribution in [1.82, 2.24) is 14.5 Å². The normalized spacial score (nSPS) is 19.2. The molecule has 20 heavy (non-hydrogen) atoms. The van der Waals surface area contributed by atoms with Gasteiger partial charge in [-0.15, -0.1) is 11.6 Å². The number of aromatic nitrogens is 2. The smallest absolute Gasteiger partial charge is 0.245 e. The zero-order valence-corrected chi connectivity index (χ0v) is 11.9. The van der Waals surface area contributed by atoms with Crippen molar-refractivity contribution < 1.29 is 9.18 Å². The molecule has 0 bridgehead atoms. The number of fused-ring (bicyclic) bond motifs is 1. The number of aryl methyl sites for hydroxylation is 1. The molecule has 4 nitrogen and oxygen atoms in total. The first-order valence-electron chi connectivity index (χ1n) is 6.59. The van der Waals surface area contributed by atoms with Gasteiger partial charge in [0.1, 0.15) is 17.7 Å². The van der Waals surface area contributed by atoms with E-state index in [1.165, 1.54) is 12.1 Å². The van der Waals surface area contributed by atoms with Crippen LogP contribution in [0.2, 0.25) is 0 Å². The Kier molecular flexibility index (Phi) is 3.38. The molecular formula is C14H15ClFN3O. The summed E-state index contributed by atoms with van der Waals surface area (Å²) in [4.78, 5) is 18.4. The minimum atomic E-state index is -0.325. The van der Waals surface area contributed by atoms with Crippen molar-refractivity contribution in [2.24, 2.45) is 0 Å². The molecule has 106 valence electrons. The summed E-state index contributed by atoms with van der Waals surface area (Å²) in [6.45, 7) is 0.727. The molecule has 0 spiro atoms. The zero-order chi connectivity index (χ0) is 14.3. The van der Waals surface area contributed by atoms with E-state index >= 15 is 0 Å². The number of alkyl halides is 1. The first-order chi connectivity index (χ1) is 9.61. The van der Waals surface area contributed by atoms with Crippen LogP contribution in [-0.4, -0.2) is 39.8 Å². The average molecular weight is 296 g/mol. The Morgan fingerprint density at radius 2 is 2.30 bits per heavy atom. The molecule has 1 aromatic heterocycles. The Labute approximate surface area is 121 Å². The van der Waals surface area contributed by atoms with Crippen LogP contribution in [0.1, 0.15) is 18.3 Å². The molecular weight excluding hydrogens is 281 g/mol. The average Bonchev–Trinajstić information content (AvgIpc) is 2.91. The van der Waals surface area contributed by atoms with Gasteiger partial charge in [-0.2, -0.15) is 0 Å². The van der Waals surface area contributed by atoms with E-state index in [9.17, 15) is 9.18 Å². The summed E-state index contributed by atoms with van der Waals surface area (Å²) in [5.74, 6) is 0.913. The molecule has 0 radical (unpaired) electrons. The van der Waals surface area contributed by atoms with E-state index in [-0.39, 0.29) is 17.8 Å². The second-order valence-electron chi connectivity index (χ2n) is 5.03. The molecule has 0 N–H and O–H groups in total. The summed E-state index contributed by atoms with van der Waals surface area (Å²) in [7, 11) is 1.79. The van der Waals surface area contributed by atoms with Crippen LogP contribution in [0.3, 0.4) is 0 Å². The van der Waals surface area contributed by atoms with Crippen LogP contribution in [0.5, 0.6) is 0 Å². The van der Waals surface area contributed by atoms with Crippen molar-refractivity contribution in [3.05, 3.63) is 29.8 Å². The lowest BCUT2D eigenvalue weighted by Gasteiger charge is -2.15. The number of hydrogen-bond donors (Lipinski definition) is 0. The molecule has 1 atom stereocenters. The van der Waals surface area contributed by atoms with Gasteiger partial charge in [-0.1, -0.05) is 0 Å². The van der Waals surface area contributed by atoms with Crippen LogP contribution in [0, 0.1) is 5.82 Å². The van der Waals surface area contributed by atoms with Crippen molar-refractivity contribution in [1.29, 1.82) is 0 Å². The van der Waals surface area contributed by atoms with E-state index in [2.05, 4.69) is 4.98 Å². The van der Waals surface area contributed by atoms with Crippen LogP contribution >= 0.6 is 11.6 Å². The fourth-order valence-corrected chi connectivity index (χ4v) is 2.94. The maximum absolute atomic E-state index is 13.3. The van der Waals surface area contributed by atoms with Gasteiger partial charge in [-0.3, -0.25) is 4.79 Å². The summed E-state index contributed by atoms with van der Waals surface area (Å²) in [5, 5.41) is 0. The highest BCUT2D eigenvalue weighted by atomic mass is 35.5. The SMILES string of the molecule is CN1CCC(n2c(CCCl)nc3cc(F)ccc32)C1=O. The van der Waals surface area contributed by atoms with E-state index in [4.69, 9.17) is 11.6 Å². The third kappa shape index (κ3) is 2.06. The number of likely N-dealkylation sites (N-methyl/N-ethyl adjacent to an activating group) is 1. The largest absolute Gasteiger partial charge is 0.344 e. The quantitative estimate of drug-likeness (QED) is 0.815. The summed E-state index contributed by atoms with van der Waals surface area (Å²) >= 11 is 5.82. The Morgan fingerprint density at radius 1 is 1.50 bits per heavy atom. The standard InChI is InChI=1S/C14H15ClFN3O/c1-18-7-5-12(14(18)20)19-11-3-2-9(16)8-10(11)17-13(19)4-6-15/h2-3,8,12H,4-7H2,1H3. The number of carbonyl (C=O) groups is 1. The van der Waals surface area contributed by atoms with Gasteiger partial charge in [-0.05, 0) is 18.6 Å². The number of carbonyl (C=O) groups excluding carboxylic acids is 1. The Balaban J connectivity index is 2.16. The molecule has 6 heteroatoms. The summed E-state index contributed by atoms with van der Waals surface area (Å²) in [6.07, 6.45) is 1.30. The predicted octanol–water partition coefficient (Wildman–Crippen LogP) is 2.36. The minimum absolute atomic E-state index is 0.0736. The second kappa shape index (κ2) is 5.05. The summed E-state index contributed by atoms with van der Waals surface area (Å²) in [6, 6.07) is 4.22. The van der Waals surface area contributed by atoms with Gasteiger partial charge >= 0.3 is 0 Å². The molecule has 1 saturated heterocycles. The molecule has 1 fully saturated rings. The maximum atomic E-state index is 13.3. The lowest BCUT2D eigenvalue weighted by atomic mass is 10.2. The minimum Gasteiger partial charge on any atom is -0.344 e. The molecule has 1 aromatic carbocycles. The maximum Gasteiger partial charge on any atom is 0.245 e. The zero-order valence-electron chi connectivity index (χ0n) is 11.1. The van der Waals surface area contributed by atoms with Crippen molar-refractivity contribution in [2.45, 2.75) is 18.9 Å². The van der Waals surface area contributed by atoms with E-state index in [0.717, 1.165) is 24.3 Å². The number of rotatable bonds is 3. The molecule has 0 aliphatic carbocycles. The number of benzene rings is 1. The molecule has 1 amide bonds. The van der Waals surface area contributed by atoms with Crippen LogP contribution < -0.4 is 0 Å². The first kappa shape index (κ1) is 13.4. The van der Waals surface area contributed by atoms with Gasteiger partial charge < -0.3 is 9.47 Å². The van der Waals surface area contributed by atoms with Crippen molar-refractivity contribution in [2.75, 3.05) is 19.5 Å². The second-order valence-corrected chi connectivity index (χ2v) is 5.41. The van der Waals surface area contributed by atoms with Gasteiger partial charge in [0.25, 0.3) is 0 Å². The van der Waals surface area contributed by atoms with E-state index < -0.39 is 0 Å². The van der Waals surface area contributed by atoms with Gasteiger partial charge in [0.2, 0.25) is 5.91 Å². The Morgan fingerprint density at radius 3 is 2.95 bits per heavy atom. The number of amides is 1. The monoisotopic (exact) mass is 295 g/mol. The van der Waals surface area contributed by atoms with Gasteiger partial charge in [0.15, 0.2) is 0 Å². The van der Waals surface area contributed by atoms with Crippen molar-refractivity contribution >= 4 is 28.5 Å². The number of imidazole rings is 1. The number of hydrogen-bond acceptors (Lipinski definition) is 2. The van der Waals surface area contributed by atoms with Gasteiger partial charge in [-0.25, -0.2) is 9.37 Å². The van der Waals surface area contributed by atoms with E-state index in [0.29, 0.717) is 17.8 Å². The molecule has 1 aliphatic rings. The molecule has 0 saturated carbocycles. The predicted molar refractivity (Wildman–Crippen MR) is 75.4 cm³/mol. The van der Waals surface area contributed by atoms with Crippen LogP contribution in [-0.2, 0) is 11.2 Å². The van der Waals surface area contributed by atoms with Crippen LogP contribution in [0.15, 0.2) is 18.2 Å². The molecule has 1 unspecified atom stereocenters. The van der Waals surface area contributed by atoms with Crippen LogP contribution in [0.25, 0.3) is 11.0 Å². The van der Waals surface area contributed by atoms with Crippen molar-refractivity contribution in [3.63, 3.8) is 0 Å². The first-order valence-corrected chi connectivity index (χ1v) is 7.12. The Bertz CT molecular complexity index is 670. The van der Waals surface area contributed by atoms with E-state index in [1.807, 2.05) is 4.57 Å². The fraction of sp³-hybridized carbons (Fsp3) is 0.429. The van der Waals surface area contributed by atoms with Crippen molar-refractivity contribution in [3.8, 4) is 0 Å². The molecule has 2 heterocycles. The van der Waals surface area contributed by atoms with Crippen LogP contribution in [0.4, 0.5) is 4.39 Å². The molecule has 3 rings (SSSR count). The Hall–Kier alpha value is -1.62. The number of halogens is 2. The lowest BCUT2D eigenvalue weighted by Crippen LogP contribution is -2.25. The number of nitrogens with zero attached hydrogens (tertiary/aromatic N) is 3. The third-order valence-corrected chi connectivity index (χ3v) is 3.94. The third-order valence-electron chi connectivity index (χ3n) is 3.75. The summed E-state index contributed by atoms with van der Waals surface area (Å²) in [5.41, 5.74) is 1.37. The van der Waals surface area contributed by atoms with Gasteiger partial charge in [0.05, 0.1) is 11.0 Å². The summed E-state index contributed by atoms with van der Waals surface area (Å²) < 4.78 is 15.2. The van der Waals surface area contributed by atoms with E-state index in [1.54, 1.807) is 18.0 Å². The molecule has 2 aromatic rings.